The Labute approximate surface area is 123 Å². The molecule has 0 saturated heterocycles. The molecule has 0 unspecified atom stereocenters. The summed E-state index contributed by atoms with van der Waals surface area (Å²) in [5, 5.41) is 3.13. The fourth-order valence-electron chi connectivity index (χ4n) is 1.19. The maximum absolute atomic E-state index is 3.52. The molecule has 0 aliphatic carbocycles. The maximum atomic E-state index is 3.52. The van der Waals surface area contributed by atoms with Gasteiger partial charge in [-0.1, -0.05) is 26.2 Å². The molecule has 1 radical (unpaired) electrons. The van der Waals surface area contributed by atoms with E-state index in [4.69, 9.17) is 0 Å². The van der Waals surface area contributed by atoms with Gasteiger partial charge in [0.15, 0.2) is 0 Å². The zero-order valence-corrected chi connectivity index (χ0v) is 15.4. The molecule has 0 saturated carbocycles. The fraction of sp³-hybridized carbons (Fsp3) is 0.600. The standard InChI is InChI=1S/C10H14BrS.BrH.Zn/c1-2-3-4-5-6-9-7-8-12-10(9)11;;/h7H,2-6H2,1H3;1H;/p-1. The Balaban J connectivity index is 0. The molecule has 0 spiro atoms. The number of rotatable bonds is 5. The maximum Gasteiger partial charge on any atom is 0.0737 e. The van der Waals surface area contributed by atoms with E-state index in [0.29, 0.717) is 0 Å². The van der Waals surface area contributed by atoms with Crippen LogP contribution in [-0.4, -0.2) is 0 Å². The molecule has 0 N–H and O–H groups in total. The zero-order valence-electron chi connectivity index (χ0n) is 8.48. The zero-order chi connectivity index (χ0) is 8.81. The predicted octanol–water partition coefficient (Wildman–Crippen LogP) is 1.44. The van der Waals surface area contributed by atoms with Gasteiger partial charge in [-0.05, 0) is 40.4 Å². The molecule has 0 aliphatic rings. The number of halogens is 2. The number of hydrogen-bond donors (Lipinski definition) is 0. The van der Waals surface area contributed by atoms with E-state index in [1.807, 2.05) is 0 Å². The van der Waals surface area contributed by atoms with Crippen LogP contribution in [-0.2, 0) is 25.9 Å². The minimum atomic E-state index is 0. The summed E-state index contributed by atoms with van der Waals surface area (Å²) < 4.78 is 1.26. The summed E-state index contributed by atoms with van der Waals surface area (Å²) in [6.07, 6.45) is 6.57. The molecule has 0 fully saturated rings. The van der Waals surface area contributed by atoms with Crippen molar-refractivity contribution in [3.63, 3.8) is 0 Å². The van der Waals surface area contributed by atoms with Crippen LogP contribution in [0.5, 0.6) is 0 Å². The Bertz CT molecular complexity index is 226. The molecule has 77 valence electrons. The van der Waals surface area contributed by atoms with Gasteiger partial charge in [0.25, 0.3) is 0 Å². The topological polar surface area (TPSA) is 0 Å². The van der Waals surface area contributed by atoms with Crippen LogP contribution in [0.1, 0.15) is 38.2 Å². The minimum absolute atomic E-state index is 0. The van der Waals surface area contributed by atoms with Gasteiger partial charge in [-0.25, -0.2) is 0 Å². The first-order chi connectivity index (χ1) is 5.84. The van der Waals surface area contributed by atoms with Crippen molar-refractivity contribution in [3.8, 4) is 0 Å². The van der Waals surface area contributed by atoms with Crippen molar-refractivity contribution >= 4 is 27.3 Å². The summed E-state index contributed by atoms with van der Waals surface area (Å²) in [7, 11) is 0. The van der Waals surface area contributed by atoms with Gasteiger partial charge in [0.1, 0.15) is 0 Å². The van der Waals surface area contributed by atoms with Crippen molar-refractivity contribution in [2.45, 2.75) is 39.0 Å². The van der Waals surface area contributed by atoms with Crippen LogP contribution in [0.3, 0.4) is 0 Å². The van der Waals surface area contributed by atoms with Crippen molar-refractivity contribution in [2.24, 2.45) is 0 Å². The van der Waals surface area contributed by atoms with Crippen LogP contribution in [0.15, 0.2) is 9.85 Å². The predicted molar refractivity (Wildman–Crippen MR) is 58.7 cm³/mol. The van der Waals surface area contributed by atoms with E-state index in [-0.39, 0.29) is 36.5 Å². The van der Waals surface area contributed by atoms with Crippen molar-refractivity contribution < 1.29 is 36.5 Å². The molecule has 0 nitrogen and oxygen atoms in total. The number of thiophene rings is 1. The van der Waals surface area contributed by atoms with Gasteiger partial charge in [0, 0.05) is 24.9 Å². The summed E-state index contributed by atoms with van der Waals surface area (Å²) in [5.74, 6) is 0. The van der Waals surface area contributed by atoms with E-state index in [9.17, 15) is 0 Å². The van der Waals surface area contributed by atoms with Crippen LogP contribution >= 0.6 is 27.3 Å². The average molecular weight is 391 g/mol. The summed E-state index contributed by atoms with van der Waals surface area (Å²) >= 11 is 5.18. The number of unbranched alkanes of at least 4 members (excludes halogenated alkanes) is 3. The molecule has 14 heavy (non-hydrogen) atoms. The van der Waals surface area contributed by atoms with E-state index < -0.39 is 0 Å². The second-order valence-electron chi connectivity index (χ2n) is 2.97. The van der Waals surface area contributed by atoms with Gasteiger partial charge in [-0.2, -0.15) is 0 Å². The molecular weight excluding hydrogens is 377 g/mol. The Morgan fingerprint density at radius 2 is 2.07 bits per heavy atom. The molecule has 0 aliphatic heterocycles. The van der Waals surface area contributed by atoms with Crippen LogP contribution < -0.4 is 17.0 Å². The van der Waals surface area contributed by atoms with Gasteiger partial charge in [0.05, 0.1) is 3.79 Å². The first-order valence-corrected chi connectivity index (χ1v) is 6.09. The summed E-state index contributed by atoms with van der Waals surface area (Å²) in [5.41, 5.74) is 1.43. The summed E-state index contributed by atoms with van der Waals surface area (Å²) in [4.78, 5) is 0. The van der Waals surface area contributed by atoms with Gasteiger partial charge in [-0.3, -0.25) is 0 Å². The molecule has 0 aromatic carbocycles. The first kappa shape index (κ1) is 17.7. The number of hydrogen-bond acceptors (Lipinski definition) is 1. The van der Waals surface area contributed by atoms with Crippen LogP contribution in [0, 0.1) is 5.38 Å². The van der Waals surface area contributed by atoms with Crippen LogP contribution in [0.4, 0.5) is 0 Å². The Morgan fingerprint density at radius 3 is 2.57 bits per heavy atom. The van der Waals surface area contributed by atoms with Gasteiger partial charge in [0.2, 0.25) is 0 Å². The molecule has 0 bridgehead atoms. The summed E-state index contributed by atoms with van der Waals surface area (Å²) in [6.45, 7) is 2.24. The molecule has 4 heteroatoms. The third kappa shape index (κ3) is 6.71. The van der Waals surface area contributed by atoms with E-state index in [1.54, 1.807) is 11.3 Å². The Hall–Kier alpha value is 1.28. The number of aryl methyl sites for hydroxylation is 1. The van der Waals surface area contributed by atoms with Gasteiger partial charge >= 0.3 is 0 Å². The molecule has 1 heterocycles. The van der Waals surface area contributed by atoms with Gasteiger partial charge in [-0.15, -0.1) is 11.3 Å². The van der Waals surface area contributed by atoms with Crippen molar-refractivity contribution in [1.82, 2.24) is 0 Å². The average Bonchev–Trinajstić information content (AvgIpc) is 2.46. The molecule has 1 aromatic rings. The summed E-state index contributed by atoms with van der Waals surface area (Å²) in [6, 6.07) is 2.10. The normalized spacial score (nSPS) is 9.00. The molecule has 0 amide bonds. The van der Waals surface area contributed by atoms with Crippen LogP contribution in [0.2, 0.25) is 0 Å². The van der Waals surface area contributed by atoms with E-state index in [1.165, 1.54) is 41.5 Å². The first-order valence-electron chi connectivity index (χ1n) is 4.49. The smallest absolute Gasteiger partial charge is 0.0737 e. The van der Waals surface area contributed by atoms with E-state index in [2.05, 4.69) is 34.3 Å². The van der Waals surface area contributed by atoms with E-state index in [0.717, 1.165) is 0 Å². The Kier molecular flexibility index (Phi) is 13.6. The quantitative estimate of drug-likeness (QED) is 0.526. The molecule has 0 atom stereocenters. The van der Waals surface area contributed by atoms with Crippen molar-refractivity contribution in [1.29, 1.82) is 0 Å². The van der Waals surface area contributed by atoms with Crippen molar-refractivity contribution in [3.05, 3.63) is 20.8 Å². The molecule has 1 rings (SSSR count). The Morgan fingerprint density at radius 1 is 1.36 bits per heavy atom. The minimum Gasteiger partial charge on any atom is -1.00 e. The van der Waals surface area contributed by atoms with Gasteiger partial charge < -0.3 is 17.0 Å². The molecular formula is C10H14Br2SZn-. The second-order valence-corrected chi connectivity index (χ2v) is 5.14. The third-order valence-electron chi connectivity index (χ3n) is 1.93. The molecule has 1 aromatic heterocycles. The van der Waals surface area contributed by atoms with Crippen LogP contribution in [0.25, 0.3) is 0 Å². The third-order valence-corrected chi connectivity index (χ3v) is 3.61. The monoisotopic (exact) mass is 388 g/mol. The van der Waals surface area contributed by atoms with E-state index >= 15 is 0 Å². The SMILES string of the molecule is CCCCCCc1c[c]sc1Br.[Br-].[Zn]. The largest absolute Gasteiger partial charge is 1.00 e. The second kappa shape index (κ2) is 10.8. The fourth-order valence-corrected chi connectivity index (χ4v) is 2.38. The van der Waals surface area contributed by atoms with Crippen molar-refractivity contribution in [2.75, 3.05) is 0 Å².